The summed E-state index contributed by atoms with van der Waals surface area (Å²) in [4.78, 5) is 5.81. The van der Waals surface area contributed by atoms with E-state index in [1.54, 1.807) is 17.4 Å². The molecule has 0 saturated carbocycles. The first kappa shape index (κ1) is 15.6. The van der Waals surface area contributed by atoms with Crippen LogP contribution in [0.2, 0.25) is 0 Å². The van der Waals surface area contributed by atoms with Gasteiger partial charge in [-0.3, -0.25) is 0 Å². The van der Waals surface area contributed by atoms with Gasteiger partial charge < -0.3 is 5.32 Å². The van der Waals surface area contributed by atoms with Crippen molar-refractivity contribution >= 4 is 27.3 Å². The Labute approximate surface area is 131 Å². The zero-order chi connectivity index (χ0) is 14.7. The lowest BCUT2D eigenvalue weighted by Gasteiger charge is -2.11. The van der Waals surface area contributed by atoms with Gasteiger partial charge in [-0.2, -0.15) is 0 Å². The lowest BCUT2D eigenvalue weighted by molar-refractivity contribution is 0.575. The summed E-state index contributed by atoms with van der Waals surface area (Å²) in [6.07, 6.45) is 1.10. The van der Waals surface area contributed by atoms with E-state index in [2.05, 4.69) is 40.1 Å². The molecule has 108 valence electrons. The summed E-state index contributed by atoms with van der Waals surface area (Å²) in [6.45, 7) is 7.28. The maximum Gasteiger partial charge on any atom is 0.125 e. The van der Waals surface area contributed by atoms with E-state index >= 15 is 0 Å². The molecule has 0 radical (unpaired) electrons. The number of halogens is 2. The van der Waals surface area contributed by atoms with Gasteiger partial charge in [-0.25, -0.2) is 9.37 Å². The summed E-state index contributed by atoms with van der Waals surface area (Å²) < 4.78 is 14.3. The molecular formula is C15H18BrFN2S. The molecule has 5 heteroatoms. The van der Waals surface area contributed by atoms with Crippen molar-refractivity contribution in [3.05, 3.63) is 39.1 Å². The monoisotopic (exact) mass is 356 g/mol. The van der Waals surface area contributed by atoms with Crippen LogP contribution in [0.4, 0.5) is 4.39 Å². The molecule has 0 amide bonds. The molecule has 2 nitrogen and oxygen atoms in total. The zero-order valence-corrected chi connectivity index (χ0v) is 14.2. The number of rotatable bonds is 5. The van der Waals surface area contributed by atoms with Crippen LogP contribution in [-0.2, 0) is 0 Å². The summed E-state index contributed by atoms with van der Waals surface area (Å²) in [5.74, 6) is -0.241. The smallest absolute Gasteiger partial charge is 0.125 e. The molecule has 1 unspecified atom stereocenters. The van der Waals surface area contributed by atoms with E-state index in [1.165, 1.54) is 17.0 Å². The van der Waals surface area contributed by atoms with Crippen LogP contribution in [0.15, 0.2) is 22.7 Å². The van der Waals surface area contributed by atoms with Crippen molar-refractivity contribution in [1.82, 2.24) is 10.3 Å². The molecule has 1 heterocycles. The van der Waals surface area contributed by atoms with E-state index in [1.807, 2.05) is 6.92 Å². The topological polar surface area (TPSA) is 24.9 Å². The van der Waals surface area contributed by atoms with Gasteiger partial charge in [-0.1, -0.05) is 22.9 Å². The quantitative estimate of drug-likeness (QED) is 0.807. The van der Waals surface area contributed by atoms with Crippen molar-refractivity contribution < 1.29 is 4.39 Å². The van der Waals surface area contributed by atoms with Gasteiger partial charge in [0, 0.05) is 21.0 Å². The molecule has 1 aromatic carbocycles. The van der Waals surface area contributed by atoms with Gasteiger partial charge in [0.25, 0.3) is 0 Å². The third kappa shape index (κ3) is 3.45. The highest BCUT2D eigenvalue weighted by molar-refractivity contribution is 9.10. The summed E-state index contributed by atoms with van der Waals surface area (Å²) >= 11 is 5.09. The molecule has 1 N–H and O–H groups in total. The van der Waals surface area contributed by atoms with Crippen LogP contribution in [0.3, 0.4) is 0 Å². The van der Waals surface area contributed by atoms with Crippen molar-refractivity contribution in [2.75, 3.05) is 6.54 Å². The number of hydrogen-bond donors (Lipinski definition) is 1. The molecule has 1 atom stereocenters. The lowest BCUT2D eigenvalue weighted by Crippen LogP contribution is -2.18. The van der Waals surface area contributed by atoms with Gasteiger partial charge in [0.2, 0.25) is 0 Å². The molecule has 20 heavy (non-hydrogen) atoms. The highest BCUT2D eigenvalue weighted by Gasteiger charge is 2.16. The molecule has 0 aliphatic rings. The number of hydrogen-bond acceptors (Lipinski definition) is 3. The van der Waals surface area contributed by atoms with Crippen LogP contribution in [0.5, 0.6) is 0 Å². The van der Waals surface area contributed by atoms with E-state index in [-0.39, 0.29) is 11.9 Å². The predicted octanol–water partition coefficient (Wildman–Crippen LogP) is 5.08. The first-order chi connectivity index (χ1) is 9.52. The second kappa shape index (κ2) is 6.78. The van der Waals surface area contributed by atoms with Crippen molar-refractivity contribution in [2.45, 2.75) is 33.2 Å². The van der Waals surface area contributed by atoms with Crippen LogP contribution < -0.4 is 5.32 Å². The number of aryl methyl sites for hydroxylation is 1. The molecule has 0 fully saturated rings. The highest BCUT2D eigenvalue weighted by Crippen LogP contribution is 2.35. The van der Waals surface area contributed by atoms with Crippen LogP contribution in [0.25, 0.3) is 10.6 Å². The minimum atomic E-state index is -0.241. The maximum absolute atomic E-state index is 13.4. The summed E-state index contributed by atoms with van der Waals surface area (Å²) in [6, 6.07) is 4.96. The molecular weight excluding hydrogens is 339 g/mol. The first-order valence-corrected chi connectivity index (χ1v) is 8.30. The Kier molecular flexibility index (Phi) is 5.29. The van der Waals surface area contributed by atoms with E-state index in [4.69, 9.17) is 0 Å². The molecule has 2 rings (SSSR count). The second-order valence-electron chi connectivity index (χ2n) is 4.77. The van der Waals surface area contributed by atoms with Gasteiger partial charge in [0.15, 0.2) is 0 Å². The van der Waals surface area contributed by atoms with Crippen molar-refractivity contribution in [3.8, 4) is 10.6 Å². The fourth-order valence-electron chi connectivity index (χ4n) is 2.04. The van der Waals surface area contributed by atoms with E-state index in [0.717, 1.165) is 33.7 Å². The SMILES string of the molecule is CCCNC(C)c1sc(-c2cc(F)ccc2Br)nc1C. The van der Waals surface area contributed by atoms with Gasteiger partial charge in [-0.05, 0) is 45.0 Å². The van der Waals surface area contributed by atoms with Gasteiger partial charge in [-0.15, -0.1) is 11.3 Å². The standard InChI is InChI=1S/C15H18BrFN2S/c1-4-7-18-9(2)14-10(3)19-15(20-14)12-8-11(17)5-6-13(12)16/h5-6,8-9,18H,4,7H2,1-3H3. The number of aromatic nitrogens is 1. The van der Waals surface area contributed by atoms with Crippen molar-refractivity contribution in [2.24, 2.45) is 0 Å². The fraction of sp³-hybridized carbons (Fsp3) is 0.400. The summed E-state index contributed by atoms with van der Waals surface area (Å²) in [5, 5.41) is 4.32. The largest absolute Gasteiger partial charge is 0.309 e. The van der Waals surface area contributed by atoms with Crippen LogP contribution in [0, 0.1) is 12.7 Å². The Morgan fingerprint density at radius 3 is 2.90 bits per heavy atom. The second-order valence-corrected chi connectivity index (χ2v) is 6.65. The first-order valence-electron chi connectivity index (χ1n) is 6.69. The third-order valence-electron chi connectivity index (χ3n) is 3.09. The van der Waals surface area contributed by atoms with Crippen molar-refractivity contribution in [3.63, 3.8) is 0 Å². The highest BCUT2D eigenvalue weighted by atomic mass is 79.9. The Hall–Kier alpha value is -0.780. The normalized spacial score (nSPS) is 12.7. The van der Waals surface area contributed by atoms with E-state index < -0.39 is 0 Å². The number of nitrogens with one attached hydrogen (secondary N) is 1. The minimum Gasteiger partial charge on any atom is -0.309 e. The Morgan fingerprint density at radius 1 is 1.45 bits per heavy atom. The van der Waals surface area contributed by atoms with Gasteiger partial charge >= 0.3 is 0 Å². The fourth-order valence-corrected chi connectivity index (χ4v) is 3.73. The minimum absolute atomic E-state index is 0.241. The maximum atomic E-state index is 13.4. The lowest BCUT2D eigenvalue weighted by atomic mass is 10.2. The molecule has 0 bridgehead atoms. The Balaban J connectivity index is 2.33. The number of benzene rings is 1. The zero-order valence-electron chi connectivity index (χ0n) is 11.8. The van der Waals surface area contributed by atoms with Gasteiger partial charge in [0.1, 0.15) is 10.8 Å². The summed E-state index contributed by atoms with van der Waals surface area (Å²) in [7, 11) is 0. The average Bonchev–Trinajstić information content (AvgIpc) is 2.80. The Bertz CT molecular complexity index is 598. The molecule has 2 aromatic rings. The molecule has 0 aliphatic heterocycles. The average molecular weight is 357 g/mol. The molecule has 0 saturated heterocycles. The van der Waals surface area contributed by atoms with E-state index in [0.29, 0.717) is 0 Å². The molecule has 0 aliphatic carbocycles. The molecule has 1 aromatic heterocycles. The Morgan fingerprint density at radius 2 is 2.20 bits per heavy atom. The van der Waals surface area contributed by atoms with Crippen molar-refractivity contribution in [1.29, 1.82) is 0 Å². The number of nitrogens with zero attached hydrogens (tertiary/aromatic N) is 1. The van der Waals surface area contributed by atoms with Crippen LogP contribution in [0.1, 0.15) is 36.9 Å². The van der Waals surface area contributed by atoms with Crippen LogP contribution in [-0.4, -0.2) is 11.5 Å². The predicted molar refractivity (Wildman–Crippen MR) is 86.7 cm³/mol. The number of thiazole rings is 1. The van der Waals surface area contributed by atoms with Crippen LogP contribution >= 0.6 is 27.3 Å². The van der Waals surface area contributed by atoms with Gasteiger partial charge in [0.05, 0.1) is 5.69 Å². The molecule has 0 spiro atoms. The third-order valence-corrected chi connectivity index (χ3v) is 5.15. The summed E-state index contributed by atoms with van der Waals surface area (Å²) in [5.41, 5.74) is 1.82. The van der Waals surface area contributed by atoms with E-state index in [9.17, 15) is 4.39 Å².